The second-order valence-corrected chi connectivity index (χ2v) is 5.27. The van der Waals surface area contributed by atoms with Crippen molar-refractivity contribution in [2.24, 2.45) is 0 Å². The quantitative estimate of drug-likeness (QED) is 0.903. The summed E-state index contributed by atoms with van der Waals surface area (Å²) in [7, 11) is 3.51. The number of amides is 2. The maximum absolute atomic E-state index is 12.6. The average Bonchev–Trinajstić information content (AvgIpc) is 2.60. The molecule has 0 spiro atoms. The van der Waals surface area contributed by atoms with Gasteiger partial charge in [-0.3, -0.25) is 9.59 Å². The lowest BCUT2D eigenvalue weighted by molar-refractivity contribution is -0.129. The fourth-order valence-corrected chi connectivity index (χ4v) is 2.41. The molecule has 0 unspecified atom stereocenters. The largest absolute Gasteiger partial charge is 0.387 e. The van der Waals surface area contributed by atoms with Crippen molar-refractivity contribution < 1.29 is 9.59 Å². The topological polar surface area (TPSA) is 52.7 Å². The van der Waals surface area contributed by atoms with E-state index in [-0.39, 0.29) is 18.4 Å². The monoisotopic (exact) mass is 295 g/mol. The number of likely N-dealkylation sites (N-methyl/N-ethyl adjacent to an activating group) is 1. The highest BCUT2D eigenvalue weighted by Gasteiger charge is 2.25. The molecule has 1 aliphatic rings. The van der Waals surface area contributed by atoms with E-state index in [9.17, 15) is 9.59 Å². The van der Waals surface area contributed by atoms with Crippen LogP contribution in [0.2, 0.25) is 5.02 Å². The van der Waals surface area contributed by atoms with Gasteiger partial charge in [-0.1, -0.05) is 11.6 Å². The van der Waals surface area contributed by atoms with Crippen molar-refractivity contribution >= 4 is 29.1 Å². The maximum Gasteiger partial charge on any atom is 0.256 e. The van der Waals surface area contributed by atoms with E-state index < -0.39 is 0 Å². The summed E-state index contributed by atoms with van der Waals surface area (Å²) >= 11 is 5.97. The van der Waals surface area contributed by atoms with Gasteiger partial charge in [0, 0.05) is 37.9 Å². The number of hydrogen-bond donors (Lipinski definition) is 1. The van der Waals surface area contributed by atoms with Crippen LogP contribution in [0.4, 0.5) is 5.69 Å². The summed E-state index contributed by atoms with van der Waals surface area (Å²) in [5, 5.41) is 3.48. The molecule has 6 heteroatoms. The van der Waals surface area contributed by atoms with Crippen molar-refractivity contribution in [3.63, 3.8) is 0 Å². The summed E-state index contributed by atoms with van der Waals surface area (Å²) in [5.41, 5.74) is 1.21. The predicted octanol–water partition coefficient (Wildman–Crippen LogP) is 1.69. The molecule has 1 saturated heterocycles. The van der Waals surface area contributed by atoms with E-state index in [0.717, 1.165) is 6.42 Å². The molecule has 2 rings (SSSR count). The Balaban J connectivity index is 2.26. The van der Waals surface area contributed by atoms with Crippen LogP contribution in [-0.4, -0.2) is 55.3 Å². The van der Waals surface area contributed by atoms with Gasteiger partial charge in [-0.05, 0) is 24.6 Å². The molecule has 20 heavy (non-hydrogen) atoms. The Morgan fingerprint density at radius 2 is 2.10 bits per heavy atom. The molecule has 2 amide bonds. The molecule has 0 aromatic heterocycles. The van der Waals surface area contributed by atoms with Crippen LogP contribution in [0.3, 0.4) is 0 Å². The van der Waals surface area contributed by atoms with E-state index in [0.29, 0.717) is 29.4 Å². The van der Waals surface area contributed by atoms with Gasteiger partial charge in [0.15, 0.2) is 0 Å². The van der Waals surface area contributed by atoms with E-state index in [1.807, 2.05) is 0 Å². The fourth-order valence-electron chi connectivity index (χ4n) is 2.24. The number of hydrogen-bond acceptors (Lipinski definition) is 3. The van der Waals surface area contributed by atoms with Crippen LogP contribution in [0.25, 0.3) is 0 Å². The van der Waals surface area contributed by atoms with Crippen molar-refractivity contribution in [2.75, 3.05) is 39.0 Å². The Kier molecular flexibility index (Phi) is 4.49. The van der Waals surface area contributed by atoms with Crippen molar-refractivity contribution in [3.8, 4) is 0 Å². The molecule has 1 aromatic carbocycles. The Labute approximate surface area is 123 Å². The van der Waals surface area contributed by atoms with Crippen molar-refractivity contribution in [2.45, 2.75) is 6.42 Å². The summed E-state index contributed by atoms with van der Waals surface area (Å²) < 4.78 is 0. The van der Waals surface area contributed by atoms with Gasteiger partial charge in [-0.25, -0.2) is 0 Å². The number of carbonyl (C=O) groups excluding carboxylic acids is 2. The molecule has 0 aliphatic carbocycles. The minimum Gasteiger partial charge on any atom is -0.387 e. The average molecular weight is 296 g/mol. The lowest BCUT2D eigenvalue weighted by Gasteiger charge is -2.21. The van der Waals surface area contributed by atoms with Gasteiger partial charge in [0.2, 0.25) is 5.91 Å². The lowest BCUT2D eigenvalue weighted by atomic mass is 10.1. The number of anilines is 1. The van der Waals surface area contributed by atoms with Crippen LogP contribution in [0.1, 0.15) is 16.8 Å². The first-order chi connectivity index (χ1) is 9.52. The molecule has 1 fully saturated rings. The van der Waals surface area contributed by atoms with Gasteiger partial charge >= 0.3 is 0 Å². The highest BCUT2D eigenvalue weighted by atomic mass is 35.5. The van der Waals surface area contributed by atoms with Gasteiger partial charge in [0.25, 0.3) is 5.91 Å². The molecule has 108 valence electrons. The number of nitrogens with zero attached hydrogens (tertiary/aromatic N) is 2. The van der Waals surface area contributed by atoms with Crippen LogP contribution >= 0.6 is 11.6 Å². The van der Waals surface area contributed by atoms with Gasteiger partial charge in [-0.15, -0.1) is 0 Å². The van der Waals surface area contributed by atoms with Crippen molar-refractivity contribution in [1.82, 2.24) is 9.80 Å². The van der Waals surface area contributed by atoms with E-state index >= 15 is 0 Å². The van der Waals surface area contributed by atoms with Crippen LogP contribution in [0.5, 0.6) is 0 Å². The smallest absolute Gasteiger partial charge is 0.256 e. The molecule has 0 radical (unpaired) electrons. The molecule has 0 saturated carbocycles. The molecular weight excluding hydrogens is 278 g/mol. The van der Waals surface area contributed by atoms with Gasteiger partial charge < -0.3 is 15.1 Å². The SMILES string of the molecule is CNc1ccc(Cl)cc1C(=O)N1CCCN(C)C(=O)C1. The molecule has 0 bridgehead atoms. The van der Waals surface area contributed by atoms with E-state index in [4.69, 9.17) is 11.6 Å². The van der Waals surface area contributed by atoms with Gasteiger partial charge in [0.05, 0.1) is 5.56 Å². The fraction of sp³-hybridized carbons (Fsp3) is 0.429. The third-order valence-corrected chi connectivity index (χ3v) is 3.68. The third-order valence-electron chi connectivity index (χ3n) is 3.44. The van der Waals surface area contributed by atoms with Crippen LogP contribution < -0.4 is 5.32 Å². The van der Waals surface area contributed by atoms with E-state index in [1.54, 1.807) is 42.1 Å². The zero-order valence-corrected chi connectivity index (χ0v) is 12.4. The normalized spacial score (nSPS) is 16.1. The van der Waals surface area contributed by atoms with E-state index in [2.05, 4.69) is 5.32 Å². The van der Waals surface area contributed by atoms with Crippen molar-refractivity contribution in [1.29, 1.82) is 0 Å². The van der Waals surface area contributed by atoms with E-state index in [1.165, 1.54) is 0 Å². The Hall–Kier alpha value is -1.75. The Morgan fingerprint density at radius 1 is 1.35 bits per heavy atom. The molecule has 5 nitrogen and oxygen atoms in total. The van der Waals surface area contributed by atoms with Crippen molar-refractivity contribution in [3.05, 3.63) is 28.8 Å². The number of nitrogens with one attached hydrogen (secondary N) is 1. The highest BCUT2D eigenvalue weighted by molar-refractivity contribution is 6.31. The maximum atomic E-state index is 12.6. The summed E-state index contributed by atoms with van der Waals surface area (Å²) in [4.78, 5) is 27.7. The molecular formula is C14H18ClN3O2. The first-order valence-electron chi connectivity index (χ1n) is 6.53. The third kappa shape index (κ3) is 3.04. The molecule has 0 atom stereocenters. The first kappa shape index (κ1) is 14.7. The minimum absolute atomic E-state index is 0.0381. The summed E-state index contributed by atoms with van der Waals surface area (Å²) in [6.07, 6.45) is 0.781. The lowest BCUT2D eigenvalue weighted by Crippen LogP contribution is -2.38. The van der Waals surface area contributed by atoms with Crippen LogP contribution in [0.15, 0.2) is 18.2 Å². The summed E-state index contributed by atoms with van der Waals surface area (Å²) in [5.74, 6) is -0.204. The number of benzene rings is 1. The standard InChI is InChI=1S/C14H18ClN3O2/c1-16-12-5-4-10(15)8-11(12)14(20)18-7-3-6-17(2)13(19)9-18/h4-5,8,16H,3,6-7,9H2,1-2H3. The minimum atomic E-state index is -0.166. The van der Waals surface area contributed by atoms with Gasteiger partial charge in [-0.2, -0.15) is 0 Å². The number of carbonyl (C=O) groups is 2. The molecule has 1 heterocycles. The second kappa shape index (κ2) is 6.13. The number of rotatable bonds is 2. The predicted molar refractivity (Wildman–Crippen MR) is 79.2 cm³/mol. The Morgan fingerprint density at radius 3 is 2.80 bits per heavy atom. The Bertz CT molecular complexity index is 533. The van der Waals surface area contributed by atoms with Crippen LogP contribution in [0, 0.1) is 0 Å². The zero-order valence-electron chi connectivity index (χ0n) is 11.6. The number of halogens is 1. The highest BCUT2D eigenvalue weighted by Crippen LogP contribution is 2.22. The second-order valence-electron chi connectivity index (χ2n) is 4.84. The first-order valence-corrected chi connectivity index (χ1v) is 6.91. The van der Waals surface area contributed by atoms with Gasteiger partial charge in [0.1, 0.15) is 6.54 Å². The summed E-state index contributed by atoms with van der Waals surface area (Å²) in [6, 6.07) is 5.13. The molecule has 1 aromatic rings. The molecule has 1 aliphatic heterocycles. The zero-order chi connectivity index (χ0) is 14.7. The summed E-state index contributed by atoms with van der Waals surface area (Å²) in [6.45, 7) is 1.37. The van der Waals surface area contributed by atoms with Crippen LogP contribution in [-0.2, 0) is 4.79 Å². The molecule has 1 N–H and O–H groups in total.